The number of rotatable bonds is 3. The number of hydrogen-bond donors (Lipinski definition) is 3. The monoisotopic (exact) mass is 423 g/mol. The molecule has 2 heterocycles. The molecule has 0 fully saturated rings. The molecule has 110 valence electrons. The number of anilines is 2. The Balaban J connectivity index is 0.00000147. The molecule has 0 bridgehead atoms. The second-order valence-electron chi connectivity index (χ2n) is 4.62. The molecule has 0 unspecified atom stereocenters. The fraction of sp³-hybridized carbons (Fsp3) is 0.417. The minimum atomic E-state index is 0. The van der Waals surface area contributed by atoms with E-state index in [-0.39, 0.29) is 12.4 Å². The van der Waals surface area contributed by atoms with Gasteiger partial charge in [0.2, 0.25) is 5.95 Å². The van der Waals surface area contributed by atoms with Crippen molar-refractivity contribution in [2.24, 2.45) is 5.73 Å². The zero-order valence-corrected chi connectivity index (χ0v) is 14.7. The summed E-state index contributed by atoms with van der Waals surface area (Å²) in [6.07, 6.45) is 2.14. The quantitative estimate of drug-likeness (QED) is 0.661. The molecule has 5 N–H and O–H groups in total. The third-order valence-electron chi connectivity index (χ3n) is 3.44. The number of aromatic nitrogens is 2. The maximum atomic E-state index is 6.17. The molecule has 1 aromatic carbocycles. The average Bonchev–Trinajstić information content (AvgIpc) is 2.80. The van der Waals surface area contributed by atoms with Gasteiger partial charge < -0.3 is 21.4 Å². The van der Waals surface area contributed by atoms with E-state index < -0.39 is 0 Å². The van der Waals surface area contributed by atoms with Gasteiger partial charge in [-0.3, -0.25) is 0 Å². The summed E-state index contributed by atoms with van der Waals surface area (Å²) in [4.78, 5) is 4.64. The van der Waals surface area contributed by atoms with Crippen molar-refractivity contribution in [2.45, 2.75) is 19.4 Å². The summed E-state index contributed by atoms with van der Waals surface area (Å²) in [6, 6.07) is 0. The van der Waals surface area contributed by atoms with Gasteiger partial charge in [0.25, 0.3) is 0 Å². The summed E-state index contributed by atoms with van der Waals surface area (Å²) in [7, 11) is 0. The zero-order chi connectivity index (χ0) is 13.6. The molecule has 20 heavy (non-hydrogen) atoms. The smallest absolute Gasteiger partial charge is 0.204 e. The first-order valence-electron chi connectivity index (χ1n) is 6.24. The fourth-order valence-corrected chi connectivity index (χ4v) is 3.61. The number of nitrogens with two attached hydrogens (primary N) is 2. The highest BCUT2D eigenvalue weighted by molar-refractivity contribution is 9.13. The lowest BCUT2D eigenvalue weighted by atomic mass is 10.0. The molecular formula is C12H16Br2ClN5. The lowest BCUT2D eigenvalue weighted by molar-refractivity contribution is 0.634. The first-order chi connectivity index (χ1) is 9.15. The van der Waals surface area contributed by atoms with Crippen molar-refractivity contribution in [2.75, 3.05) is 24.1 Å². The highest BCUT2D eigenvalue weighted by atomic mass is 79.9. The van der Waals surface area contributed by atoms with E-state index in [2.05, 4.69) is 46.7 Å². The fourth-order valence-electron chi connectivity index (χ4n) is 2.58. The van der Waals surface area contributed by atoms with E-state index in [0.29, 0.717) is 18.8 Å². The average molecular weight is 426 g/mol. The lowest BCUT2D eigenvalue weighted by Crippen LogP contribution is -2.17. The Morgan fingerprint density at radius 1 is 1.30 bits per heavy atom. The van der Waals surface area contributed by atoms with E-state index in [1.165, 1.54) is 5.56 Å². The summed E-state index contributed by atoms with van der Waals surface area (Å²) in [6.45, 7) is 2.25. The van der Waals surface area contributed by atoms with Gasteiger partial charge in [0.1, 0.15) is 5.52 Å². The van der Waals surface area contributed by atoms with Crippen LogP contribution < -0.4 is 16.8 Å². The Bertz CT molecular complexity index is 655. The lowest BCUT2D eigenvalue weighted by Gasteiger charge is -2.19. The number of halogens is 3. The van der Waals surface area contributed by atoms with Crippen LogP contribution in [0.2, 0.25) is 0 Å². The number of nitrogen functional groups attached to an aromatic ring is 1. The van der Waals surface area contributed by atoms with Gasteiger partial charge in [-0.05, 0) is 50.3 Å². The van der Waals surface area contributed by atoms with Gasteiger partial charge in [-0.1, -0.05) is 0 Å². The van der Waals surface area contributed by atoms with Crippen LogP contribution in [0.3, 0.4) is 0 Å². The summed E-state index contributed by atoms with van der Waals surface area (Å²) in [5.74, 6) is 0.859. The predicted octanol–water partition coefficient (Wildman–Crippen LogP) is 2.88. The number of hydrogen-bond acceptors (Lipinski definition) is 4. The van der Waals surface area contributed by atoms with Crippen LogP contribution in [0.5, 0.6) is 0 Å². The first-order valence-corrected chi connectivity index (χ1v) is 7.83. The second kappa shape index (κ2) is 6.09. The normalized spacial score (nSPS) is 13.3. The first kappa shape index (κ1) is 15.9. The molecule has 8 heteroatoms. The minimum absolute atomic E-state index is 0. The van der Waals surface area contributed by atoms with E-state index in [4.69, 9.17) is 11.5 Å². The standard InChI is InChI=1S/C12H15Br2N5.ClH/c13-7-6-2-1-5-19-11(6)10(9(16)8(7)14)18-12(19)17-4-3-15;/h1-5,15-16H2,(H,17,18);1H. The largest absolute Gasteiger partial charge is 0.396 e. The summed E-state index contributed by atoms with van der Waals surface area (Å²) in [5, 5.41) is 3.27. The number of imidazole rings is 1. The Morgan fingerprint density at radius 2 is 2.05 bits per heavy atom. The molecule has 5 nitrogen and oxygen atoms in total. The van der Waals surface area contributed by atoms with Crippen LogP contribution in [0.4, 0.5) is 11.6 Å². The minimum Gasteiger partial charge on any atom is -0.396 e. The molecule has 1 aromatic heterocycles. The van der Waals surface area contributed by atoms with Crippen LogP contribution >= 0.6 is 44.3 Å². The summed E-state index contributed by atoms with van der Waals surface area (Å²) >= 11 is 7.17. The molecule has 0 radical (unpaired) electrons. The van der Waals surface area contributed by atoms with E-state index in [9.17, 15) is 0 Å². The van der Waals surface area contributed by atoms with Crippen LogP contribution in [-0.2, 0) is 13.0 Å². The van der Waals surface area contributed by atoms with Crippen molar-refractivity contribution in [3.8, 4) is 0 Å². The maximum absolute atomic E-state index is 6.17. The highest BCUT2D eigenvalue weighted by Crippen LogP contribution is 2.42. The molecular weight excluding hydrogens is 409 g/mol. The molecule has 1 aliphatic rings. The second-order valence-corrected chi connectivity index (χ2v) is 6.21. The Hall–Kier alpha value is -0.500. The molecule has 0 aliphatic carbocycles. The third kappa shape index (κ3) is 2.30. The van der Waals surface area contributed by atoms with Crippen LogP contribution in [0.15, 0.2) is 8.95 Å². The van der Waals surface area contributed by atoms with Gasteiger partial charge in [0.05, 0.1) is 15.7 Å². The van der Waals surface area contributed by atoms with Gasteiger partial charge in [-0.25, -0.2) is 4.98 Å². The van der Waals surface area contributed by atoms with Crippen LogP contribution in [0.25, 0.3) is 11.0 Å². The summed E-state index contributed by atoms with van der Waals surface area (Å²) < 4.78 is 4.15. The van der Waals surface area contributed by atoms with E-state index >= 15 is 0 Å². The van der Waals surface area contributed by atoms with Crippen LogP contribution in [0, 0.1) is 0 Å². The van der Waals surface area contributed by atoms with Gasteiger partial charge >= 0.3 is 0 Å². The molecule has 0 saturated heterocycles. The Kier molecular flexibility index (Phi) is 4.84. The third-order valence-corrected chi connectivity index (χ3v) is 5.67. The molecule has 0 atom stereocenters. The maximum Gasteiger partial charge on any atom is 0.204 e. The highest BCUT2D eigenvalue weighted by Gasteiger charge is 2.24. The predicted molar refractivity (Wildman–Crippen MR) is 92.7 cm³/mol. The number of nitrogens with zero attached hydrogens (tertiary/aromatic N) is 2. The number of aryl methyl sites for hydroxylation is 2. The van der Waals surface area contributed by atoms with Crippen molar-refractivity contribution >= 4 is 66.9 Å². The van der Waals surface area contributed by atoms with Gasteiger partial charge in [0.15, 0.2) is 0 Å². The van der Waals surface area contributed by atoms with Crippen molar-refractivity contribution in [1.29, 1.82) is 0 Å². The number of nitrogens with one attached hydrogen (secondary N) is 1. The Morgan fingerprint density at radius 3 is 2.75 bits per heavy atom. The van der Waals surface area contributed by atoms with E-state index in [1.54, 1.807) is 0 Å². The van der Waals surface area contributed by atoms with Crippen molar-refractivity contribution in [1.82, 2.24) is 9.55 Å². The Labute approximate surface area is 140 Å². The van der Waals surface area contributed by atoms with Crippen LogP contribution in [-0.4, -0.2) is 22.6 Å². The number of benzene rings is 1. The zero-order valence-electron chi connectivity index (χ0n) is 10.7. The molecule has 0 saturated carbocycles. The van der Waals surface area contributed by atoms with Gasteiger partial charge in [-0.15, -0.1) is 12.4 Å². The van der Waals surface area contributed by atoms with Crippen molar-refractivity contribution in [3.05, 3.63) is 14.5 Å². The van der Waals surface area contributed by atoms with E-state index in [1.807, 2.05) is 0 Å². The molecule has 2 aromatic rings. The molecule has 0 spiro atoms. The molecule has 0 amide bonds. The molecule has 3 rings (SSSR count). The van der Waals surface area contributed by atoms with Crippen LogP contribution in [0.1, 0.15) is 12.0 Å². The van der Waals surface area contributed by atoms with Gasteiger partial charge in [-0.2, -0.15) is 0 Å². The van der Waals surface area contributed by atoms with Crippen molar-refractivity contribution in [3.63, 3.8) is 0 Å². The van der Waals surface area contributed by atoms with Gasteiger partial charge in [0, 0.05) is 24.1 Å². The van der Waals surface area contributed by atoms with E-state index in [0.717, 1.165) is 45.3 Å². The summed E-state index contributed by atoms with van der Waals surface area (Å²) in [5.41, 5.74) is 15.7. The van der Waals surface area contributed by atoms with Crippen molar-refractivity contribution < 1.29 is 0 Å². The SMILES string of the molecule is Cl.NCCNc1nc2c(N)c(Br)c(Br)c3c2n1CCC3. The molecule has 1 aliphatic heterocycles. The topological polar surface area (TPSA) is 81.9 Å².